The number of aliphatic carboxylic acids is 1. The van der Waals surface area contributed by atoms with Gasteiger partial charge in [-0.3, -0.25) is 0 Å². The van der Waals surface area contributed by atoms with E-state index in [-0.39, 0.29) is 17.3 Å². The molecule has 158 valence electrons. The second-order valence-corrected chi connectivity index (χ2v) is 6.10. The second kappa shape index (κ2) is 8.99. The molecule has 0 fully saturated rings. The van der Waals surface area contributed by atoms with E-state index in [1.54, 1.807) is 12.1 Å². The zero-order chi connectivity index (χ0) is 21.8. The van der Waals surface area contributed by atoms with Crippen LogP contribution in [-0.2, 0) is 24.2 Å². The normalized spacial score (nSPS) is 15.6. The Kier molecular flexibility index (Phi) is 6.90. The van der Waals surface area contributed by atoms with Gasteiger partial charge < -0.3 is 20.1 Å². The molecular weight excluding hydrogens is 407 g/mol. The largest absolute Gasteiger partial charge is 0.490 e. The monoisotopic (exact) mass is 422 g/mol. The van der Waals surface area contributed by atoms with Crippen LogP contribution < -0.4 is 5.32 Å². The molecule has 0 radical (unpaired) electrons. The van der Waals surface area contributed by atoms with E-state index >= 15 is 0 Å². The number of rotatable bonds is 5. The van der Waals surface area contributed by atoms with E-state index in [4.69, 9.17) is 19.5 Å². The number of carboxylic acids is 2. The minimum Gasteiger partial charge on any atom is -0.478 e. The third-order valence-corrected chi connectivity index (χ3v) is 3.99. The fourth-order valence-corrected chi connectivity index (χ4v) is 2.66. The average molecular weight is 422 g/mol. The van der Waals surface area contributed by atoms with E-state index in [0.29, 0.717) is 18.7 Å². The molecule has 1 aliphatic carbocycles. The molecule has 1 aliphatic rings. The molecule has 3 rings (SSSR count). The Bertz CT molecular complexity index is 881. The summed E-state index contributed by atoms with van der Waals surface area (Å²) in [7, 11) is 0. The summed E-state index contributed by atoms with van der Waals surface area (Å²) in [5, 5.41) is 22.6. The van der Waals surface area contributed by atoms with Crippen molar-refractivity contribution in [2.24, 2.45) is 0 Å². The summed E-state index contributed by atoms with van der Waals surface area (Å²) in [6.45, 7) is 0.310. The van der Waals surface area contributed by atoms with Crippen LogP contribution in [0.5, 0.6) is 0 Å². The smallest absolute Gasteiger partial charge is 0.478 e. The van der Waals surface area contributed by atoms with Crippen molar-refractivity contribution in [3.63, 3.8) is 0 Å². The van der Waals surface area contributed by atoms with Crippen molar-refractivity contribution >= 4 is 11.9 Å². The van der Waals surface area contributed by atoms with Gasteiger partial charge in [0.15, 0.2) is 5.76 Å². The number of benzene rings is 1. The van der Waals surface area contributed by atoms with E-state index < -0.39 is 24.5 Å². The van der Waals surface area contributed by atoms with Crippen LogP contribution in [0.2, 0.25) is 0 Å². The lowest BCUT2D eigenvalue weighted by Gasteiger charge is -2.09. The van der Waals surface area contributed by atoms with Crippen LogP contribution in [-0.4, -0.2) is 39.5 Å². The summed E-state index contributed by atoms with van der Waals surface area (Å²) >= 11 is 0. The predicted molar refractivity (Wildman–Crippen MR) is 86.6 cm³/mol. The summed E-state index contributed by atoms with van der Waals surface area (Å²) in [5.41, 5.74) is 2.02. The van der Waals surface area contributed by atoms with Gasteiger partial charge in [-0.1, -0.05) is 11.2 Å². The Balaban J connectivity index is 0.000000370. The number of nitrogens with one attached hydrogen (secondary N) is 1. The Morgan fingerprint density at radius 3 is 2.31 bits per heavy atom. The van der Waals surface area contributed by atoms with E-state index in [1.165, 1.54) is 6.07 Å². The van der Waals surface area contributed by atoms with Crippen LogP contribution in [0.25, 0.3) is 0 Å². The van der Waals surface area contributed by atoms with Crippen LogP contribution in [0.1, 0.15) is 39.4 Å². The predicted octanol–water partition coefficient (Wildman–Crippen LogP) is 3.20. The van der Waals surface area contributed by atoms with Gasteiger partial charge in [-0.05, 0) is 36.1 Å². The molecule has 3 N–H and O–H groups in total. The quantitative estimate of drug-likeness (QED) is 0.635. The highest BCUT2D eigenvalue weighted by Crippen LogP contribution is 2.24. The zero-order valence-corrected chi connectivity index (χ0v) is 14.5. The molecular formula is C17H15F5N2O5. The maximum Gasteiger partial charge on any atom is 0.490 e. The number of aromatic nitrogens is 1. The fourth-order valence-electron chi connectivity index (χ4n) is 2.66. The van der Waals surface area contributed by atoms with E-state index in [9.17, 15) is 26.7 Å². The van der Waals surface area contributed by atoms with Gasteiger partial charge in [0.25, 0.3) is 6.43 Å². The highest BCUT2D eigenvalue weighted by Gasteiger charge is 2.38. The lowest BCUT2D eigenvalue weighted by atomic mass is 10.1. The molecule has 7 nitrogen and oxygen atoms in total. The topological polar surface area (TPSA) is 113 Å². The second-order valence-electron chi connectivity index (χ2n) is 6.10. The minimum absolute atomic E-state index is 0.124. The van der Waals surface area contributed by atoms with E-state index in [2.05, 4.69) is 10.5 Å². The first-order valence-corrected chi connectivity index (χ1v) is 8.09. The number of halogens is 5. The van der Waals surface area contributed by atoms with Gasteiger partial charge in [-0.25, -0.2) is 18.4 Å². The molecule has 1 aromatic heterocycles. The number of carbonyl (C=O) groups is 2. The molecule has 0 aliphatic heterocycles. The summed E-state index contributed by atoms with van der Waals surface area (Å²) in [6.07, 6.45) is -6.25. The van der Waals surface area contributed by atoms with Crippen molar-refractivity contribution in [1.82, 2.24) is 10.5 Å². The van der Waals surface area contributed by atoms with Crippen LogP contribution in [0.15, 0.2) is 28.8 Å². The van der Waals surface area contributed by atoms with Crippen molar-refractivity contribution in [2.45, 2.75) is 38.0 Å². The SMILES string of the molecule is O=C(O)C(F)(F)F.O=C(O)c1ccc2c(c1)CC(NCc1cc(C(F)F)no1)C2. The Hall–Kier alpha value is -3.02. The van der Waals surface area contributed by atoms with Gasteiger partial charge in [0.1, 0.15) is 5.69 Å². The van der Waals surface area contributed by atoms with Crippen LogP contribution >= 0.6 is 0 Å². The average Bonchev–Trinajstić information content (AvgIpc) is 3.25. The van der Waals surface area contributed by atoms with Gasteiger partial charge in [0.05, 0.1) is 12.1 Å². The molecule has 0 bridgehead atoms. The molecule has 0 saturated carbocycles. The van der Waals surface area contributed by atoms with Gasteiger partial charge in [-0.2, -0.15) is 13.2 Å². The molecule has 0 spiro atoms. The van der Waals surface area contributed by atoms with Gasteiger partial charge in [0.2, 0.25) is 0 Å². The molecule has 0 saturated heterocycles. The summed E-state index contributed by atoms with van der Waals surface area (Å²) in [5.74, 6) is -3.34. The summed E-state index contributed by atoms with van der Waals surface area (Å²) in [6, 6.07) is 6.46. The minimum atomic E-state index is -5.08. The number of aromatic carboxylic acids is 1. The Morgan fingerprint density at radius 2 is 1.79 bits per heavy atom. The van der Waals surface area contributed by atoms with E-state index in [0.717, 1.165) is 17.5 Å². The van der Waals surface area contributed by atoms with Gasteiger partial charge in [0, 0.05) is 12.1 Å². The third-order valence-electron chi connectivity index (χ3n) is 3.99. The number of hydrogen-bond acceptors (Lipinski definition) is 5. The number of fused-ring (bicyclic) bond motifs is 1. The first-order chi connectivity index (χ1) is 13.5. The first-order valence-electron chi connectivity index (χ1n) is 8.09. The number of nitrogens with zero attached hydrogens (tertiary/aromatic N) is 1. The molecule has 1 atom stereocenters. The maximum atomic E-state index is 12.4. The number of alkyl halides is 5. The molecule has 0 amide bonds. The lowest BCUT2D eigenvalue weighted by Crippen LogP contribution is -2.28. The zero-order valence-electron chi connectivity index (χ0n) is 14.5. The fraction of sp³-hybridized carbons (Fsp3) is 0.353. The highest BCUT2D eigenvalue weighted by atomic mass is 19.4. The van der Waals surface area contributed by atoms with Crippen LogP contribution in [0.4, 0.5) is 22.0 Å². The van der Waals surface area contributed by atoms with Crippen molar-refractivity contribution < 1.29 is 46.3 Å². The number of carboxylic acid groups (broad SMARTS) is 2. The van der Waals surface area contributed by atoms with Gasteiger partial charge >= 0.3 is 18.1 Å². The third kappa shape index (κ3) is 6.24. The van der Waals surface area contributed by atoms with Crippen molar-refractivity contribution in [2.75, 3.05) is 0 Å². The summed E-state index contributed by atoms with van der Waals surface area (Å²) in [4.78, 5) is 19.8. The van der Waals surface area contributed by atoms with E-state index in [1.807, 2.05) is 6.07 Å². The van der Waals surface area contributed by atoms with Crippen LogP contribution in [0, 0.1) is 0 Å². The summed E-state index contributed by atoms with van der Waals surface area (Å²) < 4.78 is 61.4. The lowest BCUT2D eigenvalue weighted by molar-refractivity contribution is -0.192. The molecule has 12 heteroatoms. The standard InChI is InChI=1S/C15H14F2N2O3.C2HF3O2/c16-14(17)13-6-12(22-19-13)7-18-11-4-8-1-2-9(15(20)21)3-10(8)5-11;3-2(4,5)1(6)7/h1-3,6,11,14,18H,4-5,7H2,(H,20,21);(H,6,7). The Labute approximate surface area is 160 Å². The number of hydrogen-bond donors (Lipinski definition) is 3. The van der Waals surface area contributed by atoms with Crippen molar-refractivity contribution in [1.29, 1.82) is 0 Å². The first kappa shape index (κ1) is 22.3. The molecule has 1 heterocycles. The highest BCUT2D eigenvalue weighted by molar-refractivity contribution is 5.88. The molecule has 1 aromatic carbocycles. The van der Waals surface area contributed by atoms with Crippen molar-refractivity contribution in [3.8, 4) is 0 Å². The molecule has 1 unspecified atom stereocenters. The van der Waals surface area contributed by atoms with Crippen LogP contribution in [0.3, 0.4) is 0 Å². The van der Waals surface area contributed by atoms with Crippen molar-refractivity contribution in [3.05, 3.63) is 52.4 Å². The maximum absolute atomic E-state index is 12.4. The Morgan fingerprint density at radius 1 is 1.17 bits per heavy atom. The molecule has 29 heavy (non-hydrogen) atoms. The van der Waals surface area contributed by atoms with Gasteiger partial charge in [-0.15, -0.1) is 0 Å². The molecule has 2 aromatic rings.